The summed E-state index contributed by atoms with van der Waals surface area (Å²) < 4.78 is 39.8. The standard InChI is InChI=1S/C25H30F2O2/c1-3-5-17-28-21-12-10-19(11-13-21)18-6-8-20(9-7-18)22-14-15-23(29-16-4-2)25(27)24(22)26/h4,6-9,14-16,19,21H,3,5,10-13,17H2,1-2H3. The second-order valence-corrected chi connectivity index (χ2v) is 7.65. The molecule has 0 atom stereocenters. The fraction of sp³-hybridized carbons (Fsp3) is 0.440. The fourth-order valence-corrected chi connectivity index (χ4v) is 3.88. The summed E-state index contributed by atoms with van der Waals surface area (Å²) in [7, 11) is 0. The van der Waals surface area contributed by atoms with E-state index in [0.717, 1.165) is 45.1 Å². The van der Waals surface area contributed by atoms with Crippen LogP contribution in [0.3, 0.4) is 0 Å². The van der Waals surface area contributed by atoms with Gasteiger partial charge in [-0.2, -0.15) is 4.39 Å². The number of hydrogen-bond donors (Lipinski definition) is 0. The monoisotopic (exact) mass is 400 g/mol. The lowest BCUT2D eigenvalue weighted by Crippen LogP contribution is -2.21. The van der Waals surface area contributed by atoms with E-state index in [9.17, 15) is 8.78 Å². The van der Waals surface area contributed by atoms with Crippen molar-refractivity contribution >= 4 is 0 Å². The number of unbranched alkanes of at least 4 members (excludes halogenated alkanes) is 1. The molecule has 0 heterocycles. The normalized spacial score (nSPS) is 19.6. The second kappa shape index (κ2) is 10.5. The molecule has 0 unspecified atom stereocenters. The van der Waals surface area contributed by atoms with E-state index in [0.29, 0.717) is 17.6 Å². The molecule has 2 aromatic carbocycles. The molecule has 0 saturated heterocycles. The molecule has 1 aliphatic carbocycles. The molecule has 0 N–H and O–H groups in total. The van der Waals surface area contributed by atoms with Crippen molar-refractivity contribution in [2.24, 2.45) is 0 Å². The summed E-state index contributed by atoms with van der Waals surface area (Å²) in [5.41, 5.74) is 2.17. The summed E-state index contributed by atoms with van der Waals surface area (Å²) in [5.74, 6) is -1.46. The van der Waals surface area contributed by atoms with Crippen LogP contribution in [0.25, 0.3) is 11.1 Å². The van der Waals surface area contributed by atoms with Gasteiger partial charge in [-0.1, -0.05) is 43.7 Å². The molecule has 4 heteroatoms. The zero-order chi connectivity index (χ0) is 20.6. The molecule has 156 valence electrons. The minimum atomic E-state index is -0.967. The van der Waals surface area contributed by atoms with Crippen LogP contribution >= 0.6 is 0 Å². The Morgan fingerprint density at radius 2 is 1.69 bits per heavy atom. The third-order valence-electron chi connectivity index (χ3n) is 5.60. The third kappa shape index (κ3) is 5.45. The van der Waals surface area contributed by atoms with E-state index in [1.165, 1.54) is 17.9 Å². The summed E-state index contributed by atoms with van der Waals surface area (Å²) in [5, 5.41) is 0. The van der Waals surface area contributed by atoms with Crippen molar-refractivity contribution in [1.82, 2.24) is 0 Å². The highest BCUT2D eigenvalue weighted by Gasteiger charge is 2.23. The van der Waals surface area contributed by atoms with Gasteiger partial charge in [-0.15, -0.1) is 0 Å². The average Bonchev–Trinajstić information content (AvgIpc) is 2.76. The third-order valence-corrected chi connectivity index (χ3v) is 5.60. The SMILES string of the molecule is CC=COc1ccc(-c2ccc(C3CCC(OCCCC)CC3)cc2)c(F)c1F. The van der Waals surface area contributed by atoms with Crippen molar-refractivity contribution < 1.29 is 18.3 Å². The summed E-state index contributed by atoms with van der Waals surface area (Å²) in [6.07, 6.45) is 10.0. The van der Waals surface area contributed by atoms with Crippen molar-refractivity contribution in [2.45, 2.75) is 64.4 Å². The van der Waals surface area contributed by atoms with E-state index in [1.807, 2.05) is 24.3 Å². The Morgan fingerprint density at radius 1 is 0.966 bits per heavy atom. The Kier molecular flexibility index (Phi) is 7.82. The molecular formula is C25H30F2O2. The minimum absolute atomic E-state index is 0.112. The van der Waals surface area contributed by atoms with E-state index in [1.54, 1.807) is 19.1 Å². The van der Waals surface area contributed by atoms with Gasteiger partial charge in [-0.3, -0.25) is 0 Å². The van der Waals surface area contributed by atoms with Crippen LogP contribution in [-0.4, -0.2) is 12.7 Å². The van der Waals surface area contributed by atoms with Crippen LogP contribution in [0.1, 0.15) is 63.9 Å². The smallest absolute Gasteiger partial charge is 0.201 e. The fourth-order valence-electron chi connectivity index (χ4n) is 3.88. The van der Waals surface area contributed by atoms with Gasteiger partial charge in [0, 0.05) is 12.2 Å². The van der Waals surface area contributed by atoms with Gasteiger partial charge >= 0.3 is 0 Å². The van der Waals surface area contributed by atoms with Crippen molar-refractivity contribution in [3.05, 3.63) is 65.9 Å². The maximum atomic E-state index is 14.5. The molecule has 0 amide bonds. The summed E-state index contributed by atoms with van der Waals surface area (Å²) in [6.45, 7) is 4.79. The zero-order valence-corrected chi connectivity index (χ0v) is 17.3. The molecule has 2 nitrogen and oxygen atoms in total. The van der Waals surface area contributed by atoms with Crippen molar-refractivity contribution in [3.63, 3.8) is 0 Å². The van der Waals surface area contributed by atoms with Crippen LogP contribution in [-0.2, 0) is 4.74 Å². The molecule has 0 spiro atoms. The molecule has 3 rings (SSSR count). The van der Waals surface area contributed by atoms with Gasteiger partial charge < -0.3 is 9.47 Å². The van der Waals surface area contributed by atoms with E-state index < -0.39 is 11.6 Å². The first-order valence-electron chi connectivity index (χ1n) is 10.6. The molecule has 1 fully saturated rings. The number of benzene rings is 2. The Hall–Kier alpha value is -2.20. The van der Waals surface area contributed by atoms with Crippen LogP contribution < -0.4 is 4.74 Å². The first-order chi connectivity index (χ1) is 14.1. The molecule has 0 radical (unpaired) electrons. The highest BCUT2D eigenvalue weighted by molar-refractivity contribution is 5.65. The molecule has 0 aromatic heterocycles. The van der Waals surface area contributed by atoms with Crippen LogP contribution in [0.5, 0.6) is 5.75 Å². The quantitative estimate of drug-likeness (QED) is 0.340. The highest BCUT2D eigenvalue weighted by Crippen LogP contribution is 2.36. The molecule has 2 aromatic rings. The lowest BCUT2D eigenvalue weighted by molar-refractivity contribution is 0.0232. The van der Waals surface area contributed by atoms with Crippen LogP contribution in [0.15, 0.2) is 48.7 Å². The van der Waals surface area contributed by atoms with Gasteiger partial charge in [0.05, 0.1) is 12.4 Å². The van der Waals surface area contributed by atoms with Gasteiger partial charge in [0.15, 0.2) is 11.6 Å². The zero-order valence-electron chi connectivity index (χ0n) is 17.3. The first kappa shape index (κ1) is 21.5. The van der Waals surface area contributed by atoms with Gasteiger partial charge in [-0.25, -0.2) is 4.39 Å². The van der Waals surface area contributed by atoms with E-state index in [-0.39, 0.29) is 11.3 Å². The van der Waals surface area contributed by atoms with Gasteiger partial charge in [0.1, 0.15) is 0 Å². The lowest BCUT2D eigenvalue weighted by Gasteiger charge is -2.29. The average molecular weight is 401 g/mol. The maximum absolute atomic E-state index is 14.5. The topological polar surface area (TPSA) is 18.5 Å². The van der Waals surface area contributed by atoms with E-state index in [4.69, 9.17) is 9.47 Å². The number of allylic oxidation sites excluding steroid dienone is 1. The molecule has 1 saturated carbocycles. The van der Waals surface area contributed by atoms with E-state index >= 15 is 0 Å². The van der Waals surface area contributed by atoms with Gasteiger partial charge in [0.25, 0.3) is 0 Å². The highest BCUT2D eigenvalue weighted by atomic mass is 19.2. The first-order valence-corrected chi connectivity index (χ1v) is 10.6. The number of ether oxygens (including phenoxy) is 2. The van der Waals surface area contributed by atoms with Crippen LogP contribution in [0, 0.1) is 11.6 Å². The van der Waals surface area contributed by atoms with Crippen molar-refractivity contribution in [2.75, 3.05) is 6.61 Å². The second-order valence-electron chi connectivity index (χ2n) is 7.65. The van der Waals surface area contributed by atoms with Crippen molar-refractivity contribution in [1.29, 1.82) is 0 Å². The largest absolute Gasteiger partial charge is 0.462 e. The molecule has 0 bridgehead atoms. The lowest BCUT2D eigenvalue weighted by atomic mass is 9.82. The van der Waals surface area contributed by atoms with Crippen LogP contribution in [0.4, 0.5) is 8.78 Å². The molecular weight excluding hydrogens is 370 g/mol. The molecule has 1 aliphatic rings. The number of rotatable bonds is 8. The number of halogens is 2. The Morgan fingerprint density at radius 3 is 2.34 bits per heavy atom. The van der Waals surface area contributed by atoms with Gasteiger partial charge in [-0.05, 0) is 68.2 Å². The summed E-state index contributed by atoms with van der Waals surface area (Å²) >= 11 is 0. The Bertz CT molecular complexity index is 806. The molecule has 0 aliphatic heterocycles. The Balaban J connectivity index is 1.64. The van der Waals surface area contributed by atoms with Gasteiger partial charge in [0.2, 0.25) is 5.82 Å². The molecule has 29 heavy (non-hydrogen) atoms. The van der Waals surface area contributed by atoms with Crippen LogP contribution in [0.2, 0.25) is 0 Å². The minimum Gasteiger partial charge on any atom is -0.462 e. The maximum Gasteiger partial charge on any atom is 0.201 e. The summed E-state index contributed by atoms with van der Waals surface area (Å²) in [4.78, 5) is 0. The predicted octanol–water partition coefficient (Wildman–Crippen LogP) is 7.39. The van der Waals surface area contributed by atoms with E-state index in [2.05, 4.69) is 6.92 Å². The predicted molar refractivity (Wildman–Crippen MR) is 113 cm³/mol. The number of hydrogen-bond acceptors (Lipinski definition) is 2. The van der Waals surface area contributed by atoms with Crippen molar-refractivity contribution in [3.8, 4) is 16.9 Å². The summed E-state index contributed by atoms with van der Waals surface area (Å²) in [6, 6.07) is 10.9. The Labute approximate surface area is 172 Å².